The first-order valence-electron chi connectivity index (χ1n) is 5.57. The van der Waals surface area contributed by atoms with Crippen molar-refractivity contribution in [1.29, 1.82) is 0 Å². The first-order chi connectivity index (χ1) is 8.74. The fourth-order valence-corrected chi connectivity index (χ4v) is 2.71. The molecule has 1 aromatic carbocycles. The smallest absolute Gasteiger partial charge is 0.349 e. The summed E-state index contributed by atoms with van der Waals surface area (Å²) in [6, 6.07) is 8.25. The standard InChI is InChI=1S/C12H11N3O2S/c16-12(17)11-10(13-14-18-11)7-15-5-8-3-1-2-4-9(8)6-15/h1-4H,5-7H2,(H,16,17). The second-order valence-electron chi connectivity index (χ2n) is 4.27. The average Bonchev–Trinajstić information content (AvgIpc) is 2.94. The van der Waals surface area contributed by atoms with Crippen molar-refractivity contribution in [1.82, 2.24) is 14.5 Å². The maximum atomic E-state index is 11.0. The van der Waals surface area contributed by atoms with Gasteiger partial charge in [0, 0.05) is 19.6 Å². The Labute approximate surface area is 108 Å². The third-order valence-corrected chi connectivity index (χ3v) is 3.79. The van der Waals surface area contributed by atoms with Crippen LogP contribution in [0.3, 0.4) is 0 Å². The summed E-state index contributed by atoms with van der Waals surface area (Å²) in [5, 5.41) is 12.9. The number of hydrogen-bond acceptors (Lipinski definition) is 5. The van der Waals surface area contributed by atoms with Gasteiger partial charge in [-0.15, -0.1) is 5.10 Å². The molecule has 0 unspecified atom stereocenters. The van der Waals surface area contributed by atoms with Crippen LogP contribution in [-0.4, -0.2) is 25.6 Å². The zero-order valence-electron chi connectivity index (χ0n) is 9.54. The summed E-state index contributed by atoms with van der Waals surface area (Å²) in [4.78, 5) is 13.4. The van der Waals surface area contributed by atoms with Crippen molar-refractivity contribution in [3.8, 4) is 0 Å². The summed E-state index contributed by atoms with van der Waals surface area (Å²) in [5.41, 5.74) is 3.16. The van der Waals surface area contributed by atoms with Crippen LogP contribution < -0.4 is 0 Å². The maximum absolute atomic E-state index is 11.0. The summed E-state index contributed by atoms with van der Waals surface area (Å²) in [7, 11) is 0. The number of rotatable bonds is 3. The van der Waals surface area contributed by atoms with E-state index in [1.165, 1.54) is 11.1 Å². The highest BCUT2D eigenvalue weighted by Gasteiger charge is 2.22. The molecular formula is C12H11N3O2S. The number of hydrogen-bond donors (Lipinski definition) is 1. The normalized spacial score (nSPS) is 14.7. The minimum atomic E-state index is -0.947. The Morgan fingerprint density at radius 2 is 2.00 bits per heavy atom. The Hall–Kier alpha value is -1.79. The SMILES string of the molecule is O=C(O)c1snnc1CN1Cc2ccccc2C1. The van der Waals surface area contributed by atoms with E-state index in [2.05, 4.69) is 26.6 Å². The molecule has 0 aliphatic carbocycles. The van der Waals surface area contributed by atoms with Crippen molar-refractivity contribution in [3.05, 3.63) is 46.0 Å². The second kappa shape index (κ2) is 4.47. The number of nitrogens with zero attached hydrogens (tertiary/aromatic N) is 3. The highest BCUT2D eigenvalue weighted by Crippen LogP contribution is 2.24. The molecule has 3 rings (SSSR count). The predicted molar refractivity (Wildman–Crippen MR) is 66.3 cm³/mol. The van der Waals surface area contributed by atoms with E-state index in [-0.39, 0.29) is 4.88 Å². The molecule has 0 radical (unpaired) electrons. The Morgan fingerprint density at radius 1 is 1.33 bits per heavy atom. The number of carbonyl (C=O) groups is 1. The summed E-state index contributed by atoms with van der Waals surface area (Å²) in [5.74, 6) is -0.947. The lowest BCUT2D eigenvalue weighted by Gasteiger charge is -2.12. The van der Waals surface area contributed by atoms with Gasteiger partial charge < -0.3 is 5.11 Å². The topological polar surface area (TPSA) is 66.3 Å². The van der Waals surface area contributed by atoms with Crippen LogP contribution in [-0.2, 0) is 19.6 Å². The maximum Gasteiger partial charge on any atom is 0.349 e. The molecule has 2 aromatic rings. The molecule has 0 atom stereocenters. The van der Waals surface area contributed by atoms with Gasteiger partial charge in [0.1, 0.15) is 5.69 Å². The minimum absolute atomic E-state index is 0.242. The Balaban J connectivity index is 1.76. The van der Waals surface area contributed by atoms with Crippen molar-refractivity contribution in [2.75, 3.05) is 0 Å². The molecule has 5 nitrogen and oxygen atoms in total. The molecule has 18 heavy (non-hydrogen) atoms. The van der Waals surface area contributed by atoms with Gasteiger partial charge in [-0.05, 0) is 22.7 Å². The van der Waals surface area contributed by atoms with Gasteiger partial charge >= 0.3 is 5.97 Å². The van der Waals surface area contributed by atoms with Crippen LogP contribution in [0.25, 0.3) is 0 Å². The third-order valence-electron chi connectivity index (χ3n) is 3.03. The predicted octanol–water partition coefficient (Wildman–Crippen LogP) is 1.75. The number of aromatic carboxylic acids is 1. The lowest BCUT2D eigenvalue weighted by atomic mass is 10.1. The lowest BCUT2D eigenvalue weighted by molar-refractivity contribution is 0.0699. The summed E-state index contributed by atoms with van der Waals surface area (Å²) in [6.07, 6.45) is 0. The van der Waals surface area contributed by atoms with Gasteiger partial charge in [0.15, 0.2) is 4.88 Å². The number of carboxylic acids is 1. The van der Waals surface area contributed by atoms with Crippen molar-refractivity contribution in [3.63, 3.8) is 0 Å². The fraction of sp³-hybridized carbons (Fsp3) is 0.250. The van der Waals surface area contributed by atoms with Crippen LogP contribution >= 0.6 is 11.5 Å². The zero-order chi connectivity index (χ0) is 12.5. The number of fused-ring (bicyclic) bond motifs is 1. The minimum Gasteiger partial charge on any atom is -0.477 e. The summed E-state index contributed by atoms with van der Waals surface area (Å²) in [6.45, 7) is 2.21. The van der Waals surface area contributed by atoms with E-state index < -0.39 is 5.97 Å². The van der Waals surface area contributed by atoms with E-state index in [0.717, 1.165) is 24.6 Å². The molecule has 0 spiro atoms. The molecular weight excluding hydrogens is 250 g/mol. The molecule has 0 saturated heterocycles. The third kappa shape index (κ3) is 2.00. The molecule has 1 aliphatic rings. The van der Waals surface area contributed by atoms with Crippen molar-refractivity contribution in [2.45, 2.75) is 19.6 Å². The monoisotopic (exact) mass is 261 g/mol. The van der Waals surface area contributed by atoms with Gasteiger partial charge in [-0.1, -0.05) is 28.8 Å². The molecule has 1 N–H and O–H groups in total. The van der Waals surface area contributed by atoms with Gasteiger partial charge in [0.2, 0.25) is 0 Å². The van der Waals surface area contributed by atoms with Crippen molar-refractivity contribution in [2.24, 2.45) is 0 Å². The molecule has 1 aliphatic heterocycles. The zero-order valence-corrected chi connectivity index (χ0v) is 10.4. The first-order valence-corrected chi connectivity index (χ1v) is 6.35. The van der Waals surface area contributed by atoms with E-state index in [9.17, 15) is 4.79 Å². The van der Waals surface area contributed by atoms with Crippen LogP contribution in [0.15, 0.2) is 24.3 Å². The number of carboxylic acid groups (broad SMARTS) is 1. The van der Waals surface area contributed by atoms with Crippen LogP contribution in [0, 0.1) is 0 Å². The summed E-state index contributed by atoms with van der Waals surface area (Å²) >= 11 is 0.938. The van der Waals surface area contributed by atoms with E-state index in [4.69, 9.17) is 5.11 Å². The van der Waals surface area contributed by atoms with Crippen molar-refractivity contribution < 1.29 is 9.90 Å². The second-order valence-corrected chi connectivity index (χ2v) is 5.02. The van der Waals surface area contributed by atoms with Gasteiger partial charge in [-0.2, -0.15) is 0 Å². The molecule has 6 heteroatoms. The number of benzene rings is 1. The highest BCUT2D eigenvalue weighted by atomic mass is 32.1. The molecule has 0 amide bonds. The van der Waals surface area contributed by atoms with Gasteiger partial charge in [-0.3, -0.25) is 4.90 Å². The Morgan fingerprint density at radius 3 is 2.61 bits per heavy atom. The first kappa shape index (κ1) is 11.3. The fourth-order valence-electron chi connectivity index (χ4n) is 2.20. The average molecular weight is 261 g/mol. The highest BCUT2D eigenvalue weighted by molar-refractivity contribution is 7.07. The van der Waals surface area contributed by atoms with E-state index in [0.29, 0.717) is 12.2 Å². The van der Waals surface area contributed by atoms with Crippen LogP contribution in [0.1, 0.15) is 26.5 Å². The Kier molecular flexibility index (Phi) is 2.81. The molecule has 0 saturated carbocycles. The van der Waals surface area contributed by atoms with E-state index >= 15 is 0 Å². The van der Waals surface area contributed by atoms with Gasteiger partial charge in [-0.25, -0.2) is 4.79 Å². The van der Waals surface area contributed by atoms with E-state index in [1.807, 2.05) is 12.1 Å². The van der Waals surface area contributed by atoms with Gasteiger partial charge in [0.25, 0.3) is 0 Å². The lowest BCUT2D eigenvalue weighted by Crippen LogP contribution is -2.17. The molecule has 0 bridgehead atoms. The summed E-state index contributed by atoms with van der Waals surface area (Å²) < 4.78 is 3.72. The van der Waals surface area contributed by atoms with Crippen molar-refractivity contribution >= 4 is 17.5 Å². The van der Waals surface area contributed by atoms with Crippen LogP contribution in [0.4, 0.5) is 0 Å². The Bertz CT molecular complexity index is 572. The molecule has 2 heterocycles. The van der Waals surface area contributed by atoms with E-state index in [1.54, 1.807) is 0 Å². The van der Waals surface area contributed by atoms with Crippen LogP contribution in [0.2, 0.25) is 0 Å². The molecule has 0 fully saturated rings. The number of aromatic nitrogens is 2. The largest absolute Gasteiger partial charge is 0.477 e. The van der Waals surface area contributed by atoms with Crippen LogP contribution in [0.5, 0.6) is 0 Å². The molecule has 92 valence electrons. The quantitative estimate of drug-likeness (QED) is 0.911. The van der Waals surface area contributed by atoms with Gasteiger partial charge in [0.05, 0.1) is 0 Å². The molecule has 1 aromatic heterocycles.